The van der Waals surface area contributed by atoms with Crippen molar-refractivity contribution in [3.05, 3.63) is 35.7 Å². The number of aryl methyl sites for hydroxylation is 1. The standard InChI is InChI=1S/C19H27N7/c1-12(2)16-10-18(26-17(22-16)9-13(3)24-26)21-14(4)19-23-20-11-25(19)15-7-5-6-8-15/h9-12,14-15,21H,5-8H2,1-4H3/t14-/m0/s1. The molecule has 1 N–H and O–H groups in total. The van der Waals surface area contributed by atoms with E-state index in [1.54, 1.807) is 0 Å². The van der Waals surface area contributed by atoms with E-state index in [-0.39, 0.29) is 6.04 Å². The lowest BCUT2D eigenvalue weighted by Gasteiger charge is -2.20. The van der Waals surface area contributed by atoms with Gasteiger partial charge in [0, 0.05) is 23.9 Å². The van der Waals surface area contributed by atoms with E-state index in [9.17, 15) is 0 Å². The van der Waals surface area contributed by atoms with Crippen LogP contribution in [0.15, 0.2) is 18.5 Å². The molecular weight excluding hydrogens is 326 g/mol. The van der Waals surface area contributed by atoms with Crippen LogP contribution in [0.3, 0.4) is 0 Å². The molecule has 1 saturated carbocycles. The van der Waals surface area contributed by atoms with E-state index in [4.69, 9.17) is 4.98 Å². The number of nitrogens with one attached hydrogen (secondary N) is 1. The van der Waals surface area contributed by atoms with Crippen molar-refractivity contribution < 1.29 is 0 Å². The highest BCUT2D eigenvalue weighted by Crippen LogP contribution is 2.32. The van der Waals surface area contributed by atoms with Crippen LogP contribution in [0.5, 0.6) is 0 Å². The van der Waals surface area contributed by atoms with Gasteiger partial charge in [0.2, 0.25) is 0 Å². The summed E-state index contributed by atoms with van der Waals surface area (Å²) in [6.45, 7) is 8.44. The highest BCUT2D eigenvalue weighted by atomic mass is 15.3. The Hall–Kier alpha value is -2.44. The molecule has 1 fully saturated rings. The van der Waals surface area contributed by atoms with Gasteiger partial charge in [-0.15, -0.1) is 10.2 Å². The summed E-state index contributed by atoms with van der Waals surface area (Å²) in [5.74, 6) is 2.28. The van der Waals surface area contributed by atoms with Gasteiger partial charge in [-0.05, 0) is 32.6 Å². The van der Waals surface area contributed by atoms with Crippen LogP contribution in [0.1, 0.15) is 81.7 Å². The van der Waals surface area contributed by atoms with E-state index in [0.29, 0.717) is 12.0 Å². The minimum atomic E-state index is 0.0354. The second kappa shape index (κ2) is 6.70. The van der Waals surface area contributed by atoms with Gasteiger partial charge in [-0.1, -0.05) is 26.7 Å². The van der Waals surface area contributed by atoms with Crippen molar-refractivity contribution in [2.75, 3.05) is 5.32 Å². The zero-order valence-electron chi connectivity index (χ0n) is 16.0. The molecule has 0 radical (unpaired) electrons. The molecule has 0 amide bonds. The van der Waals surface area contributed by atoms with Crippen LogP contribution < -0.4 is 5.32 Å². The Balaban J connectivity index is 1.67. The molecule has 138 valence electrons. The second-order valence-corrected chi connectivity index (χ2v) is 7.68. The van der Waals surface area contributed by atoms with Gasteiger partial charge >= 0.3 is 0 Å². The van der Waals surface area contributed by atoms with Crippen molar-refractivity contribution in [3.8, 4) is 0 Å². The summed E-state index contributed by atoms with van der Waals surface area (Å²) < 4.78 is 4.13. The average molecular weight is 353 g/mol. The molecule has 0 saturated heterocycles. The first-order chi connectivity index (χ1) is 12.5. The zero-order valence-corrected chi connectivity index (χ0v) is 16.0. The lowest BCUT2D eigenvalue weighted by Crippen LogP contribution is -2.18. The number of nitrogens with zero attached hydrogens (tertiary/aromatic N) is 6. The predicted molar refractivity (Wildman–Crippen MR) is 101 cm³/mol. The first-order valence-corrected chi connectivity index (χ1v) is 9.56. The molecule has 3 heterocycles. The maximum atomic E-state index is 4.73. The maximum absolute atomic E-state index is 4.73. The van der Waals surface area contributed by atoms with Crippen LogP contribution in [0.2, 0.25) is 0 Å². The topological polar surface area (TPSA) is 72.9 Å². The minimum Gasteiger partial charge on any atom is -0.360 e. The van der Waals surface area contributed by atoms with E-state index in [2.05, 4.69) is 52.0 Å². The molecule has 0 spiro atoms. The van der Waals surface area contributed by atoms with Crippen LogP contribution in [0, 0.1) is 6.92 Å². The summed E-state index contributed by atoms with van der Waals surface area (Å²) in [7, 11) is 0. The quantitative estimate of drug-likeness (QED) is 0.749. The van der Waals surface area contributed by atoms with Crippen LogP contribution in [-0.4, -0.2) is 29.4 Å². The summed E-state index contributed by atoms with van der Waals surface area (Å²) in [4.78, 5) is 4.73. The third kappa shape index (κ3) is 3.06. The highest BCUT2D eigenvalue weighted by molar-refractivity contribution is 5.51. The van der Waals surface area contributed by atoms with E-state index in [1.807, 2.05) is 23.8 Å². The summed E-state index contributed by atoms with van der Waals surface area (Å²) in [5, 5.41) is 16.8. The van der Waals surface area contributed by atoms with Gasteiger partial charge in [0.25, 0.3) is 0 Å². The molecule has 26 heavy (non-hydrogen) atoms. The Morgan fingerprint density at radius 2 is 1.92 bits per heavy atom. The normalized spacial score (nSPS) is 16.7. The SMILES string of the molecule is Cc1cc2nc(C(C)C)cc(N[C@@H](C)c3nncn3C3CCCC3)n2n1. The first-order valence-electron chi connectivity index (χ1n) is 9.56. The Bertz CT molecular complexity index is 902. The van der Waals surface area contributed by atoms with Crippen molar-refractivity contribution in [2.45, 2.75) is 71.4 Å². The van der Waals surface area contributed by atoms with E-state index in [0.717, 1.165) is 28.7 Å². The lowest BCUT2D eigenvalue weighted by atomic mass is 10.1. The average Bonchev–Trinajstić information content (AvgIpc) is 3.33. The molecule has 4 rings (SSSR count). The van der Waals surface area contributed by atoms with E-state index in [1.165, 1.54) is 25.7 Å². The molecule has 1 aliphatic rings. The minimum absolute atomic E-state index is 0.0354. The van der Waals surface area contributed by atoms with Gasteiger partial charge < -0.3 is 9.88 Å². The van der Waals surface area contributed by atoms with Crippen LogP contribution in [0.25, 0.3) is 5.65 Å². The Kier molecular flexibility index (Phi) is 4.38. The molecule has 0 bridgehead atoms. The smallest absolute Gasteiger partial charge is 0.157 e. The Labute approximate surface area is 153 Å². The molecule has 7 nitrogen and oxygen atoms in total. The van der Waals surface area contributed by atoms with Gasteiger partial charge in [0.15, 0.2) is 11.5 Å². The molecule has 1 atom stereocenters. The molecule has 3 aromatic rings. The lowest BCUT2D eigenvalue weighted by molar-refractivity contribution is 0.487. The fraction of sp³-hybridized carbons (Fsp3) is 0.579. The third-order valence-electron chi connectivity index (χ3n) is 5.23. The fourth-order valence-corrected chi connectivity index (χ4v) is 3.82. The Morgan fingerprint density at radius 1 is 1.15 bits per heavy atom. The second-order valence-electron chi connectivity index (χ2n) is 7.68. The van der Waals surface area contributed by atoms with Gasteiger partial charge in [-0.2, -0.15) is 9.61 Å². The molecule has 3 aromatic heterocycles. The largest absolute Gasteiger partial charge is 0.360 e. The number of fused-ring (bicyclic) bond motifs is 1. The van der Waals surface area contributed by atoms with Gasteiger partial charge in [-0.3, -0.25) is 0 Å². The molecule has 7 heteroatoms. The fourth-order valence-electron chi connectivity index (χ4n) is 3.82. The summed E-state index contributed by atoms with van der Waals surface area (Å²) in [5.41, 5.74) is 2.90. The highest BCUT2D eigenvalue weighted by Gasteiger charge is 2.23. The van der Waals surface area contributed by atoms with E-state index < -0.39 is 0 Å². The monoisotopic (exact) mass is 353 g/mol. The van der Waals surface area contributed by atoms with Crippen molar-refractivity contribution in [1.29, 1.82) is 0 Å². The van der Waals surface area contributed by atoms with Gasteiger partial charge in [0.05, 0.1) is 11.7 Å². The predicted octanol–water partition coefficient (Wildman–Crippen LogP) is 4.04. The number of hydrogen-bond acceptors (Lipinski definition) is 5. The summed E-state index contributed by atoms with van der Waals surface area (Å²) >= 11 is 0. The van der Waals surface area contributed by atoms with Crippen LogP contribution in [-0.2, 0) is 0 Å². The number of hydrogen-bond donors (Lipinski definition) is 1. The van der Waals surface area contributed by atoms with Gasteiger partial charge in [-0.25, -0.2) is 4.98 Å². The summed E-state index contributed by atoms with van der Waals surface area (Å²) in [6, 6.07) is 4.67. The number of aromatic nitrogens is 6. The van der Waals surface area contributed by atoms with Crippen molar-refractivity contribution in [3.63, 3.8) is 0 Å². The van der Waals surface area contributed by atoms with Crippen LogP contribution in [0.4, 0.5) is 5.82 Å². The molecule has 0 aliphatic heterocycles. The van der Waals surface area contributed by atoms with Crippen molar-refractivity contribution in [1.82, 2.24) is 29.4 Å². The third-order valence-corrected chi connectivity index (χ3v) is 5.23. The number of rotatable bonds is 5. The molecule has 0 aromatic carbocycles. The molecule has 0 unspecified atom stereocenters. The number of anilines is 1. The molecule has 1 aliphatic carbocycles. The Morgan fingerprint density at radius 3 is 2.65 bits per heavy atom. The van der Waals surface area contributed by atoms with Crippen LogP contribution >= 0.6 is 0 Å². The maximum Gasteiger partial charge on any atom is 0.157 e. The zero-order chi connectivity index (χ0) is 18.3. The van der Waals surface area contributed by atoms with E-state index >= 15 is 0 Å². The summed E-state index contributed by atoms with van der Waals surface area (Å²) in [6.07, 6.45) is 6.89. The van der Waals surface area contributed by atoms with Crippen molar-refractivity contribution >= 4 is 11.5 Å². The van der Waals surface area contributed by atoms with Gasteiger partial charge in [0.1, 0.15) is 12.1 Å². The van der Waals surface area contributed by atoms with Crippen molar-refractivity contribution in [2.24, 2.45) is 0 Å². The molecular formula is C19H27N7. The first kappa shape index (κ1) is 17.0.